The van der Waals surface area contributed by atoms with Gasteiger partial charge in [-0.3, -0.25) is 4.79 Å². The number of hydrogen-bond donors (Lipinski definition) is 2. The molecule has 2 rings (SSSR count). The van der Waals surface area contributed by atoms with Gasteiger partial charge in [0, 0.05) is 19.5 Å². The Hall–Kier alpha value is -2.03. The maximum Gasteiger partial charge on any atom is 0.490 e. The number of anilines is 1. The van der Waals surface area contributed by atoms with Gasteiger partial charge in [-0.25, -0.2) is 9.78 Å². The van der Waals surface area contributed by atoms with Crippen molar-refractivity contribution in [3.8, 4) is 0 Å². The topological polar surface area (TPSA) is 90.7 Å². The fraction of sp³-hybridized carbons (Fsp3) is 0.500. The van der Waals surface area contributed by atoms with Gasteiger partial charge in [-0.15, -0.1) is 0 Å². The van der Waals surface area contributed by atoms with E-state index in [-0.39, 0.29) is 6.42 Å². The molecular formula is C14H16ClF3N2O4. The average Bonchev–Trinajstić information content (AvgIpc) is 2.47. The summed E-state index contributed by atoms with van der Waals surface area (Å²) in [6.07, 6.45) is -3.00. The zero-order valence-electron chi connectivity index (χ0n) is 12.5. The first-order valence-corrected chi connectivity index (χ1v) is 7.36. The van der Waals surface area contributed by atoms with Gasteiger partial charge in [-0.1, -0.05) is 17.7 Å². The quantitative estimate of drug-likeness (QED) is 0.797. The minimum absolute atomic E-state index is 0.275. The molecule has 1 aliphatic heterocycles. The summed E-state index contributed by atoms with van der Waals surface area (Å²) in [7, 11) is 0. The van der Waals surface area contributed by atoms with Gasteiger partial charge in [0.1, 0.15) is 11.0 Å². The molecule has 1 fully saturated rings. The maximum absolute atomic E-state index is 10.6. The third kappa shape index (κ3) is 7.03. The summed E-state index contributed by atoms with van der Waals surface area (Å²) in [4.78, 5) is 25.9. The van der Waals surface area contributed by atoms with E-state index in [1.165, 1.54) is 0 Å². The predicted octanol–water partition coefficient (Wildman–Crippen LogP) is 3.06. The van der Waals surface area contributed by atoms with Crippen molar-refractivity contribution >= 4 is 29.4 Å². The first-order valence-electron chi connectivity index (χ1n) is 6.99. The Balaban J connectivity index is 0.000000351. The van der Waals surface area contributed by atoms with Gasteiger partial charge in [0.2, 0.25) is 0 Å². The number of carboxylic acid groups (broad SMARTS) is 2. The van der Waals surface area contributed by atoms with Gasteiger partial charge in [0.05, 0.1) is 0 Å². The SMILES string of the molecule is O=C(O)C(F)(F)F.O=C(O)CC1CCN(c2cccc(Cl)n2)CC1. The van der Waals surface area contributed by atoms with Crippen molar-refractivity contribution in [3.63, 3.8) is 0 Å². The predicted molar refractivity (Wildman–Crippen MR) is 80.1 cm³/mol. The fourth-order valence-electron chi connectivity index (χ4n) is 2.19. The van der Waals surface area contributed by atoms with Crippen LogP contribution in [0.15, 0.2) is 18.2 Å². The molecule has 0 radical (unpaired) electrons. The molecule has 24 heavy (non-hydrogen) atoms. The van der Waals surface area contributed by atoms with Crippen LogP contribution in [0.4, 0.5) is 19.0 Å². The van der Waals surface area contributed by atoms with Crippen LogP contribution in [0.5, 0.6) is 0 Å². The number of aromatic nitrogens is 1. The summed E-state index contributed by atoms with van der Waals surface area (Å²) < 4.78 is 31.7. The molecule has 0 amide bonds. The standard InChI is InChI=1S/C12H15ClN2O2.C2HF3O2/c13-10-2-1-3-11(14-10)15-6-4-9(5-7-15)8-12(16)17;3-2(4,5)1(6)7/h1-3,9H,4-8H2,(H,16,17);(H,6,7). The van der Waals surface area contributed by atoms with Crippen LogP contribution in [0.2, 0.25) is 5.15 Å². The number of aliphatic carboxylic acids is 2. The van der Waals surface area contributed by atoms with E-state index in [9.17, 15) is 18.0 Å². The zero-order valence-corrected chi connectivity index (χ0v) is 13.2. The van der Waals surface area contributed by atoms with Crippen LogP contribution in [0.1, 0.15) is 19.3 Å². The van der Waals surface area contributed by atoms with Crippen LogP contribution in [-0.2, 0) is 9.59 Å². The summed E-state index contributed by atoms with van der Waals surface area (Å²) in [6, 6.07) is 5.57. The van der Waals surface area contributed by atoms with Crippen LogP contribution in [0, 0.1) is 5.92 Å². The van der Waals surface area contributed by atoms with Crippen molar-refractivity contribution < 1.29 is 33.0 Å². The number of piperidine rings is 1. The van der Waals surface area contributed by atoms with Crippen LogP contribution >= 0.6 is 11.6 Å². The van der Waals surface area contributed by atoms with Gasteiger partial charge >= 0.3 is 18.1 Å². The highest BCUT2D eigenvalue weighted by molar-refractivity contribution is 6.29. The number of halogens is 4. The number of nitrogens with zero attached hydrogens (tertiary/aromatic N) is 2. The van der Waals surface area contributed by atoms with E-state index in [4.69, 9.17) is 26.6 Å². The molecule has 0 spiro atoms. The molecule has 2 heterocycles. The van der Waals surface area contributed by atoms with E-state index >= 15 is 0 Å². The number of carbonyl (C=O) groups is 2. The van der Waals surface area contributed by atoms with E-state index in [0.29, 0.717) is 11.1 Å². The fourth-order valence-corrected chi connectivity index (χ4v) is 2.35. The van der Waals surface area contributed by atoms with E-state index in [2.05, 4.69) is 9.88 Å². The second-order valence-electron chi connectivity index (χ2n) is 5.15. The Morgan fingerprint density at radius 2 is 1.79 bits per heavy atom. The van der Waals surface area contributed by atoms with Crippen molar-refractivity contribution in [1.82, 2.24) is 4.98 Å². The molecule has 1 saturated heterocycles. The molecule has 1 aromatic heterocycles. The Morgan fingerprint density at radius 3 is 2.21 bits per heavy atom. The summed E-state index contributed by atoms with van der Waals surface area (Å²) >= 11 is 5.85. The molecule has 10 heteroatoms. The van der Waals surface area contributed by atoms with Crippen LogP contribution in [-0.4, -0.2) is 46.4 Å². The largest absolute Gasteiger partial charge is 0.490 e. The van der Waals surface area contributed by atoms with E-state index < -0.39 is 18.1 Å². The maximum atomic E-state index is 10.6. The number of carboxylic acids is 2. The third-order valence-corrected chi connectivity index (χ3v) is 3.56. The van der Waals surface area contributed by atoms with Gasteiger partial charge in [-0.05, 0) is 30.9 Å². The number of alkyl halides is 3. The molecule has 0 saturated carbocycles. The smallest absolute Gasteiger partial charge is 0.481 e. The summed E-state index contributed by atoms with van der Waals surface area (Å²) in [5.74, 6) is -2.29. The van der Waals surface area contributed by atoms with Gasteiger partial charge in [0.15, 0.2) is 0 Å². The second-order valence-corrected chi connectivity index (χ2v) is 5.54. The molecule has 0 aliphatic carbocycles. The molecule has 0 aromatic carbocycles. The number of pyridine rings is 1. The highest BCUT2D eigenvalue weighted by atomic mass is 35.5. The molecule has 0 atom stereocenters. The average molecular weight is 369 g/mol. The van der Waals surface area contributed by atoms with Crippen molar-refractivity contribution in [2.24, 2.45) is 5.92 Å². The van der Waals surface area contributed by atoms with Crippen LogP contribution in [0.25, 0.3) is 0 Å². The summed E-state index contributed by atoms with van der Waals surface area (Å²) in [5, 5.41) is 16.4. The van der Waals surface area contributed by atoms with E-state index in [1.807, 2.05) is 12.1 Å². The lowest BCUT2D eigenvalue weighted by Gasteiger charge is -2.32. The van der Waals surface area contributed by atoms with Crippen molar-refractivity contribution in [2.45, 2.75) is 25.4 Å². The minimum Gasteiger partial charge on any atom is -0.481 e. The number of hydrogen-bond acceptors (Lipinski definition) is 4. The molecule has 0 bridgehead atoms. The van der Waals surface area contributed by atoms with E-state index in [0.717, 1.165) is 31.7 Å². The zero-order chi connectivity index (χ0) is 18.3. The van der Waals surface area contributed by atoms with Crippen molar-refractivity contribution in [2.75, 3.05) is 18.0 Å². The van der Waals surface area contributed by atoms with Crippen molar-refractivity contribution in [1.29, 1.82) is 0 Å². The Kier molecular flexibility index (Phi) is 7.27. The monoisotopic (exact) mass is 368 g/mol. The Labute approximate surface area is 140 Å². The number of rotatable bonds is 3. The molecule has 1 aromatic rings. The van der Waals surface area contributed by atoms with Crippen LogP contribution < -0.4 is 4.90 Å². The molecule has 134 valence electrons. The normalized spacial score (nSPS) is 15.4. The minimum atomic E-state index is -5.08. The first-order chi connectivity index (χ1) is 11.1. The highest BCUT2D eigenvalue weighted by Crippen LogP contribution is 2.24. The lowest BCUT2D eigenvalue weighted by atomic mass is 9.94. The molecule has 6 nitrogen and oxygen atoms in total. The third-order valence-electron chi connectivity index (χ3n) is 3.34. The molecule has 0 unspecified atom stereocenters. The van der Waals surface area contributed by atoms with E-state index in [1.54, 1.807) is 6.07 Å². The second kappa shape index (κ2) is 8.72. The Bertz CT molecular complexity index is 575. The lowest BCUT2D eigenvalue weighted by Crippen LogP contribution is -2.34. The van der Waals surface area contributed by atoms with Gasteiger partial charge in [0.25, 0.3) is 0 Å². The Morgan fingerprint density at radius 1 is 1.25 bits per heavy atom. The van der Waals surface area contributed by atoms with Crippen molar-refractivity contribution in [3.05, 3.63) is 23.4 Å². The summed E-state index contributed by atoms with van der Waals surface area (Å²) in [5.41, 5.74) is 0. The highest BCUT2D eigenvalue weighted by Gasteiger charge is 2.38. The van der Waals surface area contributed by atoms with Gasteiger partial charge < -0.3 is 15.1 Å². The molecule has 2 N–H and O–H groups in total. The summed E-state index contributed by atoms with van der Waals surface area (Å²) in [6.45, 7) is 1.70. The molecule has 1 aliphatic rings. The first kappa shape index (κ1) is 20.0. The molecular weight excluding hydrogens is 353 g/mol. The lowest BCUT2D eigenvalue weighted by molar-refractivity contribution is -0.192. The van der Waals surface area contributed by atoms with Crippen LogP contribution in [0.3, 0.4) is 0 Å². The van der Waals surface area contributed by atoms with Gasteiger partial charge in [-0.2, -0.15) is 13.2 Å².